The molecule has 12 heavy (non-hydrogen) atoms. The molecule has 0 aromatic rings. The zero-order valence-electron chi connectivity index (χ0n) is 6.36. The predicted octanol–water partition coefficient (Wildman–Crippen LogP) is -1.08. The number of carbonyl (C=O) groups excluding carboxylic acids is 1. The topological polar surface area (TPSA) is 94.8 Å². The molecule has 0 aromatic carbocycles. The van der Waals surface area contributed by atoms with Crippen LogP contribution in [0.4, 0.5) is 0 Å². The maximum atomic E-state index is 10.8. The van der Waals surface area contributed by atoms with Gasteiger partial charge in [0.2, 0.25) is 0 Å². The average molecular weight is 174 g/mol. The highest BCUT2D eigenvalue weighted by molar-refractivity contribution is 5.89. The van der Waals surface area contributed by atoms with Gasteiger partial charge < -0.3 is 15.3 Å². The van der Waals surface area contributed by atoms with Gasteiger partial charge in [-0.05, 0) is 0 Å². The first-order chi connectivity index (χ1) is 5.44. The maximum absolute atomic E-state index is 10.8. The van der Waals surface area contributed by atoms with Crippen molar-refractivity contribution in [2.75, 3.05) is 0 Å². The summed E-state index contributed by atoms with van der Waals surface area (Å²) in [6.07, 6.45) is -1.77. The predicted molar refractivity (Wildman–Crippen MR) is 37.5 cm³/mol. The molecule has 0 unspecified atom stereocenters. The van der Waals surface area contributed by atoms with Gasteiger partial charge in [-0.1, -0.05) is 0 Å². The van der Waals surface area contributed by atoms with Gasteiger partial charge in [-0.25, -0.2) is 4.79 Å². The lowest BCUT2D eigenvalue weighted by molar-refractivity contribution is -0.168. The third-order valence-corrected chi connectivity index (χ3v) is 1.92. The van der Waals surface area contributed by atoms with E-state index in [0.717, 1.165) is 0 Å². The monoisotopic (exact) mass is 174 g/mol. The van der Waals surface area contributed by atoms with E-state index in [4.69, 9.17) is 10.2 Å². The maximum Gasteiger partial charge on any atom is 0.336 e. The fourth-order valence-corrected chi connectivity index (χ4v) is 1.36. The minimum absolute atomic E-state index is 0.0599. The third kappa shape index (κ3) is 1.62. The number of carboxylic acids is 1. The normalized spacial score (nSPS) is 36.5. The fourth-order valence-electron chi connectivity index (χ4n) is 1.36. The first-order valence-electron chi connectivity index (χ1n) is 3.59. The molecule has 1 saturated carbocycles. The summed E-state index contributed by atoms with van der Waals surface area (Å²) in [5.74, 6) is -1.87. The highest BCUT2D eigenvalue weighted by Crippen LogP contribution is 2.26. The van der Waals surface area contributed by atoms with E-state index in [1.807, 2.05) is 0 Å². The van der Waals surface area contributed by atoms with Crippen LogP contribution in [0.3, 0.4) is 0 Å². The number of rotatable bonds is 1. The van der Waals surface area contributed by atoms with Gasteiger partial charge in [-0.15, -0.1) is 0 Å². The van der Waals surface area contributed by atoms with Crippen molar-refractivity contribution < 1.29 is 24.9 Å². The van der Waals surface area contributed by atoms with Gasteiger partial charge in [0.15, 0.2) is 5.60 Å². The summed E-state index contributed by atoms with van der Waals surface area (Å²) in [7, 11) is 0. The van der Waals surface area contributed by atoms with Crippen LogP contribution in [-0.4, -0.2) is 38.8 Å². The largest absolute Gasteiger partial charge is 0.479 e. The number of ketones is 1. The number of aliphatic hydroxyl groups excluding tert-OH is 1. The Hall–Kier alpha value is -0.940. The van der Waals surface area contributed by atoms with Crippen LogP contribution >= 0.6 is 0 Å². The molecule has 0 radical (unpaired) electrons. The quantitative estimate of drug-likeness (QED) is 0.469. The molecule has 1 aliphatic carbocycles. The molecule has 0 aromatic heterocycles. The Morgan fingerprint density at radius 1 is 1.58 bits per heavy atom. The molecule has 5 nitrogen and oxygen atoms in total. The van der Waals surface area contributed by atoms with E-state index in [1.54, 1.807) is 0 Å². The number of Topliss-reactive ketones (excluding diaryl/α,β-unsaturated/α-hetero) is 1. The number of aliphatic hydroxyl groups is 2. The standard InChI is InChI=1S/C7H10O5/c8-4-1-5(9)3-7(12,2-4)6(10)11/h4,8,12H,1-3H2,(H,10,11)/t4-,7+/m0/s1. The fraction of sp³-hybridized carbons (Fsp3) is 0.714. The number of carbonyl (C=O) groups is 2. The SMILES string of the molecule is O=C1C[C@H](O)C[C@](O)(C(=O)O)C1. The summed E-state index contributed by atoms with van der Waals surface area (Å²) in [5.41, 5.74) is -2.06. The van der Waals surface area contributed by atoms with Crippen LogP contribution in [0.1, 0.15) is 19.3 Å². The summed E-state index contributed by atoms with van der Waals surface area (Å²) >= 11 is 0. The molecule has 2 atom stereocenters. The van der Waals surface area contributed by atoms with Crippen LogP contribution in [0.5, 0.6) is 0 Å². The number of hydrogen-bond donors (Lipinski definition) is 3. The Balaban J connectivity index is 2.78. The van der Waals surface area contributed by atoms with Gasteiger partial charge in [-0.3, -0.25) is 4.79 Å². The Kier molecular flexibility index (Phi) is 2.16. The van der Waals surface area contributed by atoms with E-state index in [1.165, 1.54) is 0 Å². The van der Waals surface area contributed by atoms with E-state index in [9.17, 15) is 14.7 Å². The van der Waals surface area contributed by atoms with Crippen LogP contribution in [0, 0.1) is 0 Å². The molecule has 1 fully saturated rings. The summed E-state index contributed by atoms with van der Waals surface area (Å²) in [5, 5.41) is 26.8. The van der Waals surface area contributed by atoms with Crippen molar-refractivity contribution in [2.45, 2.75) is 31.0 Å². The summed E-state index contributed by atoms with van der Waals surface area (Å²) in [6.45, 7) is 0. The van der Waals surface area contributed by atoms with Gasteiger partial charge in [0.1, 0.15) is 5.78 Å². The van der Waals surface area contributed by atoms with Gasteiger partial charge in [-0.2, -0.15) is 0 Å². The Morgan fingerprint density at radius 2 is 2.17 bits per heavy atom. The molecular weight excluding hydrogens is 164 g/mol. The molecule has 0 saturated heterocycles. The van der Waals surface area contributed by atoms with Crippen LogP contribution < -0.4 is 0 Å². The molecule has 68 valence electrons. The Bertz CT molecular complexity index is 224. The van der Waals surface area contributed by atoms with Crippen LogP contribution in [-0.2, 0) is 9.59 Å². The van der Waals surface area contributed by atoms with Gasteiger partial charge in [0.25, 0.3) is 0 Å². The van der Waals surface area contributed by atoms with E-state index in [-0.39, 0.29) is 12.8 Å². The molecule has 0 aliphatic heterocycles. The summed E-state index contributed by atoms with van der Waals surface area (Å²) in [6, 6.07) is 0. The second-order valence-electron chi connectivity index (χ2n) is 3.11. The van der Waals surface area contributed by atoms with Crippen molar-refractivity contribution in [3.05, 3.63) is 0 Å². The molecule has 0 amide bonds. The van der Waals surface area contributed by atoms with Crippen molar-refractivity contribution in [3.8, 4) is 0 Å². The van der Waals surface area contributed by atoms with Crippen molar-refractivity contribution in [1.82, 2.24) is 0 Å². The lowest BCUT2D eigenvalue weighted by atomic mass is 9.82. The van der Waals surface area contributed by atoms with Crippen molar-refractivity contribution in [2.24, 2.45) is 0 Å². The minimum atomic E-state index is -2.06. The van der Waals surface area contributed by atoms with Crippen LogP contribution in [0.25, 0.3) is 0 Å². The molecule has 0 spiro atoms. The van der Waals surface area contributed by atoms with Crippen molar-refractivity contribution in [3.63, 3.8) is 0 Å². The van der Waals surface area contributed by atoms with E-state index in [0.29, 0.717) is 0 Å². The second kappa shape index (κ2) is 2.84. The van der Waals surface area contributed by atoms with Crippen molar-refractivity contribution >= 4 is 11.8 Å². The van der Waals surface area contributed by atoms with E-state index in [2.05, 4.69) is 0 Å². The first kappa shape index (κ1) is 9.15. The first-order valence-corrected chi connectivity index (χ1v) is 3.59. The van der Waals surface area contributed by atoms with Gasteiger partial charge in [0.05, 0.1) is 6.10 Å². The summed E-state index contributed by atoms with van der Waals surface area (Å²) < 4.78 is 0. The Labute approximate surface area is 68.6 Å². The molecule has 0 heterocycles. The highest BCUT2D eigenvalue weighted by atomic mass is 16.4. The number of aliphatic carboxylic acids is 1. The minimum Gasteiger partial charge on any atom is -0.479 e. The second-order valence-corrected chi connectivity index (χ2v) is 3.11. The van der Waals surface area contributed by atoms with Crippen molar-refractivity contribution in [1.29, 1.82) is 0 Å². The highest BCUT2D eigenvalue weighted by Gasteiger charge is 2.44. The van der Waals surface area contributed by atoms with Crippen LogP contribution in [0.15, 0.2) is 0 Å². The third-order valence-electron chi connectivity index (χ3n) is 1.92. The Morgan fingerprint density at radius 3 is 2.58 bits per heavy atom. The van der Waals surface area contributed by atoms with Gasteiger partial charge >= 0.3 is 5.97 Å². The van der Waals surface area contributed by atoms with E-state index < -0.39 is 29.9 Å². The van der Waals surface area contributed by atoms with Crippen LogP contribution in [0.2, 0.25) is 0 Å². The lowest BCUT2D eigenvalue weighted by Crippen LogP contribution is -2.47. The molecule has 3 N–H and O–H groups in total. The summed E-state index contributed by atoms with van der Waals surface area (Å²) in [4.78, 5) is 21.3. The zero-order chi connectivity index (χ0) is 9.35. The van der Waals surface area contributed by atoms with Gasteiger partial charge in [0, 0.05) is 19.3 Å². The zero-order valence-corrected chi connectivity index (χ0v) is 6.36. The number of carboxylic acid groups (broad SMARTS) is 1. The number of hydrogen-bond acceptors (Lipinski definition) is 4. The molecule has 1 rings (SSSR count). The molecule has 1 aliphatic rings. The molecular formula is C7H10O5. The molecule has 5 heteroatoms. The molecule has 0 bridgehead atoms. The average Bonchev–Trinajstić information content (AvgIpc) is 1.82. The lowest BCUT2D eigenvalue weighted by Gasteiger charge is -2.29. The smallest absolute Gasteiger partial charge is 0.336 e. The van der Waals surface area contributed by atoms with E-state index >= 15 is 0 Å².